The molecule has 2 aliphatic heterocycles. The lowest BCUT2D eigenvalue weighted by molar-refractivity contribution is 0.00362. The van der Waals surface area contributed by atoms with Gasteiger partial charge in [0.05, 0.1) is 0 Å². The topological polar surface area (TPSA) is 15.3 Å². The highest BCUT2D eigenvalue weighted by atomic mass is 15.2. The summed E-state index contributed by atoms with van der Waals surface area (Å²) in [6.07, 6.45) is 11.4. The molecule has 4 atom stereocenters. The average Bonchev–Trinajstić information content (AvgIpc) is 2.91. The Morgan fingerprint density at radius 2 is 1.85 bits per heavy atom. The van der Waals surface area contributed by atoms with Gasteiger partial charge < -0.3 is 5.32 Å². The lowest BCUT2D eigenvalue weighted by atomic mass is 9.69. The van der Waals surface area contributed by atoms with Crippen molar-refractivity contribution in [3.05, 3.63) is 0 Å². The predicted molar refractivity (Wildman–Crippen MR) is 86.0 cm³/mol. The molecule has 0 bridgehead atoms. The number of rotatable bonds is 2. The quantitative estimate of drug-likeness (QED) is 0.826. The van der Waals surface area contributed by atoms with Gasteiger partial charge in [0.2, 0.25) is 0 Å². The maximum atomic E-state index is 3.78. The van der Waals surface area contributed by atoms with Crippen molar-refractivity contribution in [3.8, 4) is 0 Å². The minimum atomic E-state index is 0.576. The normalized spacial score (nSPS) is 42.8. The highest BCUT2D eigenvalue weighted by Crippen LogP contribution is 2.42. The van der Waals surface area contributed by atoms with Gasteiger partial charge in [0.15, 0.2) is 0 Å². The SMILES string of the molecule is CC1CC(C)(C)CCC1N1CCCCC1C1CCCN1. The smallest absolute Gasteiger partial charge is 0.0252 e. The summed E-state index contributed by atoms with van der Waals surface area (Å²) in [5, 5.41) is 3.78. The lowest BCUT2D eigenvalue weighted by Gasteiger charge is -2.50. The molecule has 20 heavy (non-hydrogen) atoms. The van der Waals surface area contributed by atoms with Gasteiger partial charge in [0, 0.05) is 18.1 Å². The zero-order chi connectivity index (χ0) is 14.2. The van der Waals surface area contributed by atoms with E-state index in [0.29, 0.717) is 5.41 Å². The van der Waals surface area contributed by atoms with Crippen LogP contribution in [0.4, 0.5) is 0 Å². The van der Waals surface area contributed by atoms with Crippen molar-refractivity contribution in [2.24, 2.45) is 11.3 Å². The van der Waals surface area contributed by atoms with Crippen LogP contribution in [0, 0.1) is 11.3 Å². The molecule has 1 aliphatic carbocycles. The van der Waals surface area contributed by atoms with Crippen molar-refractivity contribution >= 4 is 0 Å². The molecule has 1 saturated carbocycles. The van der Waals surface area contributed by atoms with E-state index in [1.165, 1.54) is 64.5 Å². The molecule has 0 spiro atoms. The van der Waals surface area contributed by atoms with Gasteiger partial charge in [-0.15, -0.1) is 0 Å². The molecule has 2 saturated heterocycles. The molecule has 2 heteroatoms. The molecule has 0 aromatic rings. The van der Waals surface area contributed by atoms with Crippen LogP contribution >= 0.6 is 0 Å². The van der Waals surface area contributed by atoms with Gasteiger partial charge in [-0.25, -0.2) is 0 Å². The molecule has 2 heterocycles. The van der Waals surface area contributed by atoms with E-state index in [4.69, 9.17) is 0 Å². The average molecular weight is 278 g/mol. The molecule has 0 aromatic heterocycles. The molecular formula is C18H34N2. The van der Waals surface area contributed by atoms with Crippen molar-refractivity contribution in [3.63, 3.8) is 0 Å². The molecule has 3 rings (SSSR count). The Balaban J connectivity index is 1.69. The first kappa shape index (κ1) is 14.8. The highest BCUT2D eigenvalue weighted by Gasteiger charge is 2.40. The van der Waals surface area contributed by atoms with Gasteiger partial charge in [-0.3, -0.25) is 4.90 Å². The van der Waals surface area contributed by atoms with Gasteiger partial charge in [0.25, 0.3) is 0 Å². The summed E-state index contributed by atoms with van der Waals surface area (Å²) in [4.78, 5) is 2.94. The molecule has 1 N–H and O–H groups in total. The largest absolute Gasteiger partial charge is 0.312 e. The fourth-order valence-corrected chi connectivity index (χ4v) is 5.29. The summed E-state index contributed by atoms with van der Waals surface area (Å²) in [5.74, 6) is 0.876. The zero-order valence-electron chi connectivity index (χ0n) is 13.8. The van der Waals surface area contributed by atoms with Crippen LogP contribution in [-0.4, -0.2) is 36.1 Å². The van der Waals surface area contributed by atoms with E-state index in [1.54, 1.807) is 0 Å². The second kappa shape index (κ2) is 5.96. The first-order valence-electron chi connectivity index (χ1n) is 9.06. The van der Waals surface area contributed by atoms with Crippen LogP contribution in [0.3, 0.4) is 0 Å². The lowest BCUT2D eigenvalue weighted by Crippen LogP contribution is -2.57. The molecule has 4 unspecified atom stereocenters. The van der Waals surface area contributed by atoms with Crippen molar-refractivity contribution in [1.82, 2.24) is 10.2 Å². The first-order chi connectivity index (χ1) is 9.57. The van der Waals surface area contributed by atoms with Crippen LogP contribution in [0.15, 0.2) is 0 Å². The Kier molecular flexibility index (Phi) is 4.42. The monoisotopic (exact) mass is 278 g/mol. The van der Waals surface area contributed by atoms with Crippen LogP contribution in [0.25, 0.3) is 0 Å². The van der Waals surface area contributed by atoms with Gasteiger partial charge in [0.1, 0.15) is 0 Å². The van der Waals surface area contributed by atoms with E-state index in [0.717, 1.165) is 24.0 Å². The summed E-state index contributed by atoms with van der Waals surface area (Å²) >= 11 is 0. The third-order valence-electron chi connectivity index (χ3n) is 6.23. The van der Waals surface area contributed by atoms with Gasteiger partial charge >= 0.3 is 0 Å². The second-order valence-corrected chi connectivity index (χ2v) is 8.46. The van der Waals surface area contributed by atoms with E-state index >= 15 is 0 Å². The molecule has 116 valence electrons. The minimum absolute atomic E-state index is 0.576. The van der Waals surface area contributed by atoms with Crippen LogP contribution in [0.1, 0.15) is 72.1 Å². The molecule has 3 fully saturated rings. The number of hydrogen-bond donors (Lipinski definition) is 1. The molecular weight excluding hydrogens is 244 g/mol. The number of hydrogen-bond acceptors (Lipinski definition) is 2. The summed E-state index contributed by atoms with van der Waals surface area (Å²) in [6, 6.07) is 2.48. The van der Waals surface area contributed by atoms with E-state index in [2.05, 4.69) is 31.0 Å². The fourth-order valence-electron chi connectivity index (χ4n) is 5.29. The van der Waals surface area contributed by atoms with E-state index in [9.17, 15) is 0 Å². The Hall–Kier alpha value is -0.0800. The number of nitrogens with zero attached hydrogens (tertiary/aromatic N) is 1. The maximum absolute atomic E-state index is 3.78. The molecule has 0 radical (unpaired) electrons. The third kappa shape index (κ3) is 3.06. The second-order valence-electron chi connectivity index (χ2n) is 8.46. The molecule has 3 aliphatic rings. The molecule has 2 nitrogen and oxygen atoms in total. The first-order valence-corrected chi connectivity index (χ1v) is 9.06. The van der Waals surface area contributed by atoms with E-state index in [1.807, 2.05) is 0 Å². The fraction of sp³-hybridized carbons (Fsp3) is 1.00. The van der Waals surface area contributed by atoms with Crippen molar-refractivity contribution < 1.29 is 0 Å². The standard InChI is InChI=1S/C18H34N2/c1-14-13-18(2,3)10-9-16(14)20-12-5-4-8-17(20)15-7-6-11-19-15/h14-17,19H,4-13H2,1-3H3. The van der Waals surface area contributed by atoms with Crippen LogP contribution in [-0.2, 0) is 0 Å². The zero-order valence-corrected chi connectivity index (χ0v) is 13.8. The number of piperidine rings is 1. The van der Waals surface area contributed by atoms with Crippen LogP contribution in [0.2, 0.25) is 0 Å². The Morgan fingerprint density at radius 1 is 1.00 bits per heavy atom. The van der Waals surface area contributed by atoms with E-state index < -0.39 is 0 Å². The number of nitrogens with one attached hydrogen (secondary N) is 1. The Bertz CT molecular complexity index is 319. The van der Waals surface area contributed by atoms with Crippen LogP contribution < -0.4 is 5.32 Å². The summed E-state index contributed by atoms with van der Waals surface area (Å²) in [5.41, 5.74) is 0.576. The minimum Gasteiger partial charge on any atom is -0.312 e. The Labute approximate surface area is 125 Å². The summed E-state index contributed by atoms with van der Waals surface area (Å²) in [6.45, 7) is 10.1. The van der Waals surface area contributed by atoms with Gasteiger partial charge in [-0.2, -0.15) is 0 Å². The number of likely N-dealkylation sites (tertiary alicyclic amines) is 1. The van der Waals surface area contributed by atoms with Crippen molar-refractivity contribution in [1.29, 1.82) is 0 Å². The van der Waals surface area contributed by atoms with Crippen molar-refractivity contribution in [2.45, 2.75) is 90.3 Å². The molecule has 0 aromatic carbocycles. The van der Waals surface area contributed by atoms with Crippen molar-refractivity contribution in [2.75, 3.05) is 13.1 Å². The third-order valence-corrected chi connectivity index (χ3v) is 6.23. The maximum Gasteiger partial charge on any atom is 0.0252 e. The highest BCUT2D eigenvalue weighted by molar-refractivity contribution is 4.96. The summed E-state index contributed by atoms with van der Waals surface area (Å²) in [7, 11) is 0. The Morgan fingerprint density at radius 3 is 2.55 bits per heavy atom. The molecule has 0 amide bonds. The predicted octanol–water partition coefficient (Wildman–Crippen LogP) is 3.81. The van der Waals surface area contributed by atoms with Gasteiger partial charge in [-0.1, -0.05) is 27.2 Å². The summed E-state index contributed by atoms with van der Waals surface area (Å²) < 4.78 is 0. The van der Waals surface area contributed by atoms with E-state index in [-0.39, 0.29) is 0 Å². The van der Waals surface area contributed by atoms with Crippen LogP contribution in [0.5, 0.6) is 0 Å². The van der Waals surface area contributed by atoms with Gasteiger partial charge in [-0.05, 0) is 69.4 Å².